The van der Waals surface area contributed by atoms with Gasteiger partial charge < -0.3 is 14.7 Å². The SMILES string of the molecule is CC1COCCC1C(=O)N1CCCC(CO)C1. The molecule has 2 aliphatic rings. The van der Waals surface area contributed by atoms with E-state index in [2.05, 4.69) is 6.92 Å². The lowest BCUT2D eigenvalue weighted by molar-refractivity contribution is -0.143. The molecule has 2 fully saturated rings. The van der Waals surface area contributed by atoms with Gasteiger partial charge in [-0.15, -0.1) is 0 Å². The van der Waals surface area contributed by atoms with E-state index in [1.807, 2.05) is 4.90 Å². The van der Waals surface area contributed by atoms with E-state index >= 15 is 0 Å². The van der Waals surface area contributed by atoms with Crippen LogP contribution in [0.2, 0.25) is 0 Å². The average molecular weight is 241 g/mol. The number of ether oxygens (including phenoxy) is 1. The van der Waals surface area contributed by atoms with Crippen LogP contribution in [0, 0.1) is 17.8 Å². The van der Waals surface area contributed by atoms with Gasteiger partial charge in [-0.25, -0.2) is 0 Å². The average Bonchev–Trinajstić information content (AvgIpc) is 2.38. The van der Waals surface area contributed by atoms with Crippen molar-refractivity contribution in [3.8, 4) is 0 Å². The van der Waals surface area contributed by atoms with Gasteiger partial charge in [0.2, 0.25) is 5.91 Å². The van der Waals surface area contributed by atoms with Gasteiger partial charge in [-0.3, -0.25) is 4.79 Å². The number of hydrogen-bond acceptors (Lipinski definition) is 3. The van der Waals surface area contributed by atoms with E-state index in [-0.39, 0.29) is 24.3 Å². The van der Waals surface area contributed by atoms with E-state index in [0.29, 0.717) is 19.1 Å². The number of hydrogen-bond donors (Lipinski definition) is 1. The first kappa shape index (κ1) is 12.8. The molecule has 3 unspecified atom stereocenters. The molecule has 17 heavy (non-hydrogen) atoms. The molecule has 3 atom stereocenters. The zero-order valence-electron chi connectivity index (χ0n) is 10.6. The van der Waals surface area contributed by atoms with Crippen LogP contribution in [-0.4, -0.2) is 48.8 Å². The summed E-state index contributed by atoms with van der Waals surface area (Å²) in [4.78, 5) is 14.4. The molecular formula is C13H23NO3. The minimum Gasteiger partial charge on any atom is -0.396 e. The van der Waals surface area contributed by atoms with Crippen molar-refractivity contribution in [3.05, 3.63) is 0 Å². The molecule has 0 aromatic rings. The Balaban J connectivity index is 1.93. The van der Waals surface area contributed by atoms with Crippen molar-refractivity contribution in [1.82, 2.24) is 4.90 Å². The molecule has 0 aliphatic carbocycles. The lowest BCUT2D eigenvalue weighted by atomic mass is 9.87. The van der Waals surface area contributed by atoms with E-state index in [1.165, 1.54) is 0 Å². The van der Waals surface area contributed by atoms with Crippen LogP contribution in [0.1, 0.15) is 26.2 Å². The number of carbonyl (C=O) groups excluding carboxylic acids is 1. The smallest absolute Gasteiger partial charge is 0.226 e. The number of rotatable bonds is 2. The van der Waals surface area contributed by atoms with Crippen molar-refractivity contribution in [1.29, 1.82) is 0 Å². The van der Waals surface area contributed by atoms with Gasteiger partial charge in [0.25, 0.3) is 0 Å². The van der Waals surface area contributed by atoms with Crippen molar-refractivity contribution >= 4 is 5.91 Å². The number of nitrogens with zero attached hydrogens (tertiary/aromatic N) is 1. The summed E-state index contributed by atoms with van der Waals surface area (Å²) in [6, 6.07) is 0. The number of aliphatic hydroxyl groups is 1. The van der Waals surface area contributed by atoms with E-state index < -0.39 is 0 Å². The predicted molar refractivity (Wildman–Crippen MR) is 64.5 cm³/mol. The maximum absolute atomic E-state index is 12.4. The molecule has 0 spiro atoms. The zero-order chi connectivity index (χ0) is 12.3. The Morgan fingerprint density at radius 3 is 3.00 bits per heavy atom. The third-order valence-corrected chi connectivity index (χ3v) is 4.05. The van der Waals surface area contributed by atoms with Crippen molar-refractivity contribution in [2.45, 2.75) is 26.2 Å². The van der Waals surface area contributed by atoms with Crippen molar-refractivity contribution in [3.63, 3.8) is 0 Å². The second-order valence-corrected chi connectivity index (χ2v) is 5.42. The maximum atomic E-state index is 12.4. The minimum atomic E-state index is 0.126. The highest BCUT2D eigenvalue weighted by molar-refractivity contribution is 5.79. The number of amides is 1. The molecule has 98 valence electrons. The number of aliphatic hydroxyl groups excluding tert-OH is 1. The van der Waals surface area contributed by atoms with Gasteiger partial charge in [0.1, 0.15) is 0 Å². The molecule has 2 saturated heterocycles. The topological polar surface area (TPSA) is 49.8 Å². The maximum Gasteiger partial charge on any atom is 0.226 e. The molecule has 1 N–H and O–H groups in total. The summed E-state index contributed by atoms with van der Waals surface area (Å²) >= 11 is 0. The molecule has 0 bridgehead atoms. The first-order valence-corrected chi connectivity index (χ1v) is 6.69. The number of piperidine rings is 1. The van der Waals surface area contributed by atoms with Crippen LogP contribution in [-0.2, 0) is 9.53 Å². The monoisotopic (exact) mass is 241 g/mol. The van der Waals surface area contributed by atoms with Gasteiger partial charge in [0, 0.05) is 38.8 Å². The molecule has 0 aromatic carbocycles. The molecule has 0 radical (unpaired) electrons. The standard InChI is InChI=1S/C13H23NO3/c1-10-9-17-6-4-12(10)13(16)14-5-2-3-11(7-14)8-15/h10-12,15H,2-9H2,1H3. The largest absolute Gasteiger partial charge is 0.396 e. The van der Waals surface area contributed by atoms with E-state index in [1.54, 1.807) is 0 Å². The van der Waals surface area contributed by atoms with Gasteiger partial charge in [-0.2, -0.15) is 0 Å². The van der Waals surface area contributed by atoms with E-state index in [9.17, 15) is 9.90 Å². The molecule has 4 nitrogen and oxygen atoms in total. The van der Waals surface area contributed by atoms with Gasteiger partial charge in [0.15, 0.2) is 0 Å². The minimum absolute atomic E-state index is 0.126. The van der Waals surface area contributed by atoms with Gasteiger partial charge in [-0.05, 0) is 31.1 Å². The van der Waals surface area contributed by atoms with Crippen molar-refractivity contribution < 1.29 is 14.6 Å². The van der Waals surface area contributed by atoms with Crippen LogP contribution in [0.25, 0.3) is 0 Å². The van der Waals surface area contributed by atoms with E-state index in [0.717, 1.165) is 32.4 Å². The zero-order valence-corrected chi connectivity index (χ0v) is 10.6. The fourth-order valence-corrected chi connectivity index (χ4v) is 2.90. The third kappa shape index (κ3) is 2.99. The van der Waals surface area contributed by atoms with Crippen LogP contribution in [0.5, 0.6) is 0 Å². The predicted octanol–water partition coefficient (Wildman–Crippen LogP) is 0.890. The quantitative estimate of drug-likeness (QED) is 0.781. The lowest BCUT2D eigenvalue weighted by Gasteiger charge is -2.37. The Hall–Kier alpha value is -0.610. The second-order valence-electron chi connectivity index (χ2n) is 5.42. The Labute approximate surface area is 103 Å². The highest BCUT2D eigenvalue weighted by atomic mass is 16.5. The molecular weight excluding hydrogens is 218 g/mol. The summed E-state index contributed by atoms with van der Waals surface area (Å²) in [6.07, 6.45) is 2.92. The molecule has 1 amide bonds. The lowest BCUT2D eigenvalue weighted by Crippen LogP contribution is -2.46. The van der Waals surface area contributed by atoms with E-state index in [4.69, 9.17) is 4.74 Å². The number of carbonyl (C=O) groups is 1. The highest BCUT2D eigenvalue weighted by Crippen LogP contribution is 2.26. The molecule has 0 aromatic heterocycles. The highest BCUT2D eigenvalue weighted by Gasteiger charge is 2.33. The van der Waals surface area contributed by atoms with Gasteiger partial charge in [0.05, 0.1) is 0 Å². The first-order valence-electron chi connectivity index (χ1n) is 6.69. The van der Waals surface area contributed by atoms with Crippen LogP contribution in [0.3, 0.4) is 0 Å². The number of likely N-dealkylation sites (tertiary alicyclic amines) is 1. The molecule has 0 saturated carbocycles. The first-order chi connectivity index (χ1) is 8.22. The summed E-state index contributed by atoms with van der Waals surface area (Å²) in [5.74, 6) is 1.01. The Bertz CT molecular complexity index is 269. The molecule has 2 heterocycles. The Kier molecular flexibility index (Phi) is 4.40. The van der Waals surface area contributed by atoms with Crippen molar-refractivity contribution in [2.75, 3.05) is 32.9 Å². The summed E-state index contributed by atoms with van der Waals surface area (Å²) < 4.78 is 5.38. The Morgan fingerprint density at radius 1 is 1.47 bits per heavy atom. The molecule has 4 heteroatoms. The van der Waals surface area contributed by atoms with Crippen LogP contribution >= 0.6 is 0 Å². The summed E-state index contributed by atoms with van der Waals surface area (Å²) in [6.45, 7) is 5.30. The van der Waals surface area contributed by atoms with Crippen LogP contribution in [0.15, 0.2) is 0 Å². The fourth-order valence-electron chi connectivity index (χ4n) is 2.90. The third-order valence-electron chi connectivity index (χ3n) is 4.05. The van der Waals surface area contributed by atoms with Crippen LogP contribution in [0.4, 0.5) is 0 Å². The summed E-state index contributed by atoms with van der Waals surface area (Å²) in [5.41, 5.74) is 0. The van der Waals surface area contributed by atoms with Gasteiger partial charge in [-0.1, -0.05) is 6.92 Å². The summed E-state index contributed by atoms with van der Waals surface area (Å²) in [5, 5.41) is 9.19. The Morgan fingerprint density at radius 2 is 2.29 bits per heavy atom. The molecule has 2 rings (SSSR count). The normalized spacial score (nSPS) is 34.7. The fraction of sp³-hybridized carbons (Fsp3) is 0.923. The van der Waals surface area contributed by atoms with Gasteiger partial charge >= 0.3 is 0 Å². The molecule has 2 aliphatic heterocycles. The van der Waals surface area contributed by atoms with Crippen molar-refractivity contribution in [2.24, 2.45) is 17.8 Å². The van der Waals surface area contributed by atoms with Crippen LogP contribution < -0.4 is 0 Å². The summed E-state index contributed by atoms with van der Waals surface area (Å²) in [7, 11) is 0. The second kappa shape index (κ2) is 5.83.